The Hall–Kier alpha value is -2.10. The lowest BCUT2D eigenvalue weighted by molar-refractivity contribution is -0.137. The second kappa shape index (κ2) is 6.57. The van der Waals surface area contributed by atoms with E-state index in [1.165, 1.54) is 16.7 Å². The van der Waals surface area contributed by atoms with E-state index < -0.39 is 5.97 Å². The normalized spacial score (nSPS) is 12.3. The topological polar surface area (TPSA) is 55.1 Å². The summed E-state index contributed by atoms with van der Waals surface area (Å²) in [5.41, 5.74) is 3.86. The number of aliphatic carboxylic acids is 1. The number of hydrogen-bond donors (Lipinski definition) is 1. The number of carboxylic acid groups (broad SMARTS) is 1. The first-order valence-corrected chi connectivity index (χ1v) is 7.29. The molecule has 4 heteroatoms. The molecule has 0 aliphatic heterocycles. The number of carboxylic acids is 1. The Labute approximate surface area is 125 Å². The third-order valence-corrected chi connectivity index (χ3v) is 4.04. The lowest BCUT2D eigenvalue weighted by atomic mass is 9.93. The van der Waals surface area contributed by atoms with E-state index in [1.807, 2.05) is 6.20 Å². The summed E-state index contributed by atoms with van der Waals surface area (Å²) < 4.78 is 2.06. The number of aromatic nitrogens is 2. The highest BCUT2D eigenvalue weighted by molar-refractivity contribution is 5.66. The predicted molar refractivity (Wildman–Crippen MR) is 82.5 cm³/mol. The zero-order valence-corrected chi connectivity index (χ0v) is 12.8. The van der Waals surface area contributed by atoms with E-state index in [0.717, 1.165) is 5.82 Å². The van der Waals surface area contributed by atoms with Gasteiger partial charge in [0.2, 0.25) is 0 Å². The van der Waals surface area contributed by atoms with Gasteiger partial charge in [0.05, 0.1) is 0 Å². The van der Waals surface area contributed by atoms with Crippen molar-refractivity contribution in [1.29, 1.82) is 0 Å². The molecule has 1 atom stereocenters. The zero-order chi connectivity index (χ0) is 15.4. The molecular weight excluding hydrogens is 264 g/mol. The minimum atomic E-state index is -0.751. The van der Waals surface area contributed by atoms with Gasteiger partial charge in [-0.25, -0.2) is 4.98 Å². The van der Waals surface area contributed by atoms with E-state index in [4.69, 9.17) is 5.11 Å². The summed E-state index contributed by atoms with van der Waals surface area (Å²) in [7, 11) is 0. The lowest BCUT2D eigenvalue weighted by Gasteiger charge is -2.17. The maximum absolute atomic E-state index is 10.6. The van der Waals surface area contributed by atoms with Crippen LogP contribution in [0.25, 0.3) is 0 Å². The van der Waals surface area contributed by atoms with Gasteiger partial charge in [0.1, 0.15) is 5.82 Å². The Morgan fingerprint density at radius 3 is 2.86 bits per heavy atom. The third-order valence-electron chi connectivity index (χ3n) is 4.04. The monoisotopic (exact) mass is 286 g/mol. The summed E-state index contributed by atoms with van der Waals surface area (Å²) >= 11 is 0. The van der Waals surface area contributed by atoms with Gasteiger partial charge in [-0.3, -0.25) is 4.79 Å². The minimum Gasteiger partial charge on any atom is -0.481 e. The molecule has 1 aromatic heterocycles. The van der Waals surface area contributed by atoms with Crippen molar-refractivity contribution in [3.63, 3.8) is 0 Å². The minimum absolute atomic E-state index is 0.190. The highest BCUT2D eigenvalue weighted by Crippen LogP contribution is 2.27. The van der Waals surface area contributed by atoms with Crippen LogP contribution in [0.15, 0.2) is 30.6 Å². The summed E-state index contributed by atoms with van der Waals surface area (Å²) in [6.45, 7) is 7.10. The number of rotatable bonds is 6. The Balaban J connectivity index is 2.20. The molecule has 1 unspecified atom stereocenters. The van der Waals surface area contributed by atoms with Crippen molar-refractivity contribution in [1.82, 2.24) is 9.55 Å². The van der Waals surface area contributed by atoms with Gasteiger partial charge in [0.15, 0.2) is 0 Å². The van der Waals surface area contributed by atoms with Gasteiger partial charge in [-0.2, -0.15) is 0 Å². The highest BCUT2D eigenvalue weighted by atomic mass is 16.4. The molecule has 112 valence electrons. The first-order chi connectivity index (χ1) is 10.0. The summed E-state index contributed by atoms with van der Waals surface area (Å²) in [5, 5.41) is 8.74. The van der Waals surface area contributed by atoms with Gasteiger partial charge in [-0.05, 0) is 37.0 Å². The van der Waals surface area contributed by atoms with Crippen molar-refractivity contribution in [2.75, 3.05) is 0 Å². The predicted octanol–water partition coefficient (Wildman–Crippen LogP) is 3.52. The molecule has 0 saturated heterocycles. The number of benzene rings is 1. The van der Waals surface area contributed by atoms with E-state index in [2.05, 4.69) is 48.5 Å². The fraction of sp³-hybridized carbons (Fsp3) is 0.412. The van der Waals surface area contributed by atoms with Crippen molar-refractivity contribution in [2.45, 2.75) is 46.1 Å². The van der Waals surface area contributed by atoms with Crippen molar-refractivity contribution >= 4 is 5.97 Å². The van der Waals surface area contributed by atoms with Crippen LogP contribution < -0.4 is 0 Å². The molecule has 0 bridgehead atoms. The molecule has 21 heavy (non-hydrogen) atoms. The molecule has 2 rings (SSSR count). The Morgan fingerprint density at radius 1 is 1.38 bits per heavy atom. The summed E-state index contributed by atoms with van der Waals surface area (Å²) in [6.07, 6.45) is 4.53. The van der Waals surface area contributed by atoms with Gasteiger partial charge in [0, 0.05) is 31.3 Å². The van der Waals surface area contributed by atoms with Gasteiger partial charge in [-0.15, -0.1) is 0 Å². The average Bonchev–Trinajstić information content (AvgIpc) is 2.89. The van der Waals surface area contributed by atoms with Gasteiger partial charge in [0.25, 0.3) is 0 Å². The largest absolute Gasteiger partial charge is 0.481 e. The molecule has 0 amide bonds. The van der Waals surface area contributed by atoms with Crippen molar-refractivity contribution in [3.8, 4) is 0 Å². The smallest absolute Gasteiger partial charge is 0.303 e. The summed E-state index contributed by atoms with van der Waals surface area (Å²) in [4.78, 5) is 15.1. The third kappa shape index (κ3) is 3.51. The molecule has 1 aromatic carbocycles. The highest BCUT2D eigenvalue weighted by Gasteiger charge is 2.16. The van der Waals surface area contributed by atoms with Crippen LogP contribution in [0.3, 0.4) is 0 Å². The molecule has 1 N–H and O–H groups in total. The summed E-state index contributed by atoms with van der Waals surface area (Å²) in [5.74, 6) is 0.443. The van der Waals surface area contributed by atoms with Crippen molar-refractivity contribution in [3.05, 3.63) is 53.1 Å². The standard InChI is InChI=1S/C17H22N2O2/c1-12-6-4-7-15(13(12)2)14(3)17-18-9-11-19(17)10-5-8-16(20)21/h4,6-7,9,11,14H,5,8,10H2,1-3H3,(H,20,21). The number of aryl methyl sites for hydroxylation is 2. The maximum Gasteiger partial charge on any atom is 0.303 e. The van der Waals surface area contributed by atoms with Gasteiger partial charge < -0.3 is 9.67 Å². The second-order valence-corrected chi connectivity index (χ2v) is 5.49. The molecule has 1 heterocycles. The van der Waals surface area contributed by atoms with E-state index in [9.17, 15) is 4.79 Å². The molecular formula is C17H22N2O2. The Bertz CT molecular complexity index is 631. The zero-order valence-electron chi connectivity index (χ0n) is 12.8. The number of hydrogen-bond acceptors (Lipinski definition) is 2. The average molecular weight is 286 g/mol. The van der Waals surface area contributed by atoms with E-state index in [0.29, 0.717) is 13.0 Å². The maximum atomic E-state index is 10.6. The van der Waals surface area contributed by atoms with Gasteiger partial charge in [-0.1, -0.05) is 25.1 Å². The molecule has 4 nitrogen and oxygen atoms in total. The van der Waals surface area contributed by atoms with Crippen LogP contribution in [0.4, 0.5) is 0 Å². The van der Waals surface area contributed by atoms with E-state index >= 15 is 0 Å². The lowest BCUT2D eigenvalue weighted by Crippen LogP contribution is -2.10. The quantitative estimate of drug-likeness (QED) is 0.884. The molecule has 0 saturated carbocycles. The van der Waals surface area contributed by atoms with Crippen LogP contribution in [0.5, 0.6) is 0 Å². The van der Waals surface area contributed by atoms with Gasteiger partial charge >= 0.3 is 5.97 Å². The van der Waals surface area contributed by atoms with E-state index in [1.54, 1.807) is 6.20 Å². The molecule has 0 spiro atoms. The molecule has 0 aliphatic carbocycles. The van der Waals surface area contributed by atoms with Crippen LogP contribution in [0.1, 0.15) is 48.2 Å². The number of imidazole rings is 1. The SMILES string of the molecule is Cc1cccc(C(C)c2nccn2CCCC(=O)O)c1C. The number of carbonyl (C=O) groups is 1. The molecule has 0 radical (unpaired) electrons. The molecule has 0 aliphatic rings. The Kier molecular flexibility index (Phi) is 4.78. The first-order valence-electron chi connectivity index (χ1n) is 7.29. The van der Waals surface area contributed by atoms with Crippen LogP contribution in [0.2, 0.25) is 0 Å². The van der Waals surface area contributed by atoms with Crippen molar-refractivity contribution in [2.24, 2.45) is 0 Å². The summed E-state index contributed by atoms with van der Waals surface area (Å²) in [6, 6.07) is 6.33. The first kappa shape index (κ1) is 15.3. The number of nitrogens with zero attached hydrogens (tertiary/aromatic N) is 2. The second-order valence-electron chi connectivity index (χ2n) is 5.49. The fourth-order valence-corrected chi connectivity index (χ4v) is 2.67. The van der Waals surface area contributed by atoms with Crippen LogP contribution in [0, 0.1) is 13.8 Å². The Morgan fingerprint density at radius 2 is 2.14 bits per heavy atom. The molecule has 0 fully saturated rings. The molecule has 2 aromatic rings. The van der Waals surface area contributed by atoms with Crippen LogP contribution >= 0.6 is 0 Å². The van der Waals surface area contributed by atoms with E-state index in [-0.39, 0.29) is 12.3 Å². The van der Waals surface area contributed by atoms with Crippen LogP contribution in [-0.4, -0.2) is 20.6 Å². The van der Waals surface area contributed by atoms with Crippen molar-refractivity contribution < 1.29 is 9.90 Å². The van der Waals surface area contributed by atoms with Crippen LogP contribution in [-0.2, 0) is 11.3 Å². The fourth-order valence-electron chi connectivity index (χ4n) is 2.67.